The average Bonchev–Trinajstić information content (AvgIpc) is 3.20. The predicted octanol–water partition coefficient (Wildman–Crippen LogP) is 2.84. The van der Waals surface area contributed by atoms with Gasteiger partial charge in [0.25, 0.3) is 17.8 Å². The summed E-state index contributed by atoms with van der Waals surface area (Å²) >= 11 is 1.46. The maximum Gasteiger partial charge on any atom is 0.320 e. The number of aromatic nitrogens is 9. The molecule has 0 radical (unpaired) electrons. The average molecular weight is 860 g/mol. The predicted molar refractivity (Wildman–Crippen MR) is 210 cm³/mol. The standard InChI is InChI=1S/C29H33N17O11S2/c47-11-9-45(10-12-48)27-39-21(30-7-13-58-56-54-52)36-23(41-27)32-17-3-1-5-19(15-17)34-25-38-26(44-29(49)43-25)35-20-6-2-4-18(16-20)33-24-37-22(31-8-14-59-57-55-53)40-28(42-24)46(50)51/h1-8,15-16,47-48,50-53H,9-14H2,(H,32,36,39,41)(H,33,37,40,42)(H3,34,35,38,43,44,49)/b30-7+,31-8+. The number of aromatic hydroxyl groups is 1. The van der Waals surface area contributed by atoms with Crippen LogP contribution in [0.4, 0.5) is 70.3 Å². The molecule has 0 saturated heterocycles. The quantitative estimate of drug-likeness (QED) is 0.0140. The molecule has 28 nitrogen and oxygen atoms in total. The summed E-state index contributed by atoms with van der Waals surface area (Å²) < 4.78 is 8.58. The van der Waals surface area contributed by atoms with E-state index in [-0.39, 0.29) is 84.7 Å². The van der Waals surface area contributed by atoms with E-state index in [9.17, 15) is 25.7 Å². The van der Waals surface area contributed by atoms with Crippen molar-refractivity contribution in [3.8, 4) is 6.01 Å². The van der Waals surface area contributed by atoms with Gasteiger partial charge in [-0.3, -0.25) is 10.4 Å². The molecule has 2 aromatic carbocycles. The van der Waals surface area contributed by atoms with Crippen molar-refractivity contribution in [1.29, 1.82) is 0 Å². The summed E-state index contributed by atoms with van der Waals surface area (Å²) in [6, 6.07) is 12.8. The molecule has 11 N–H and O–H groups in total. The zero-order valence-corrected chi connectivity index (χ0v) is 31.5. The molecular formula is C29H33N17O11S2. The van der Waals surface area contributed by atoms with Gasteiger partial charge in [0.15, 0.2) is 0 Å². The molecule has 5 rings (SSSR count). The van der Waals surface area contributed by atoms with E-state index in [1.165, 1.54) is 12.4 Å². The number of aliphatic imine (C=N–C) groups is 2. The lowest BCUT2D eigenvalue weighted by molar-refractivity contribution is -0.432. The summed E-state index contributed by atoms with van der Waals surface area (Å²) in [6.45, 7) is -0.221. The molecule has 312 valence electrons. The number of anilines is 10. The van der Waals surface area contributed by atoms with Crippen LogP contribution < -0.4 is 31.4 Å². The van der Waals surface area contributed by atoms with Crippen molar-refractivity contribution < 1.29 is 55.0 Å². The second-order valence-electron chi connectivity index (χ2n) is 10.7. The highest BCUT2D eigenvalue weighted by molar-refractivity contribution is 7.95. The van der Waals surface area contributed by atoms with Crippen LogP contribution in [0, 0.1) is 0 Å². The van der Waals surface area contributed by atoms with Gasteiger partial charge in [-0.1, -0.05) is 27.4 Å². The van der Waals surface area contributed by atoms with Gasteiger partial charge in [0.2, 0.25) is 29.7 Å². The van der Waals surface area contributed by atoms with Gasteiger partial charge >= 0.3 is 6.01 Å². The number of benzene rings is 2. The first-order valence-electron chi connectivity index (χ1n) is 16.4. The van der Waals surface area contributed by atoms with E-state index in [2.05, 4.69) is 94.9 Å². The smallest absolute Gasteiger partial charge is 0.320 e. The molecule has 0 amide bonds. The zero-order valence-electron chi connectivity index (χ0n) is 29.9. The normalized spacial score (nSPS) is 11.3. The lowest BCUT2D eigenvalue weighted by Gasteiger charge is -2.21. The van der Waals surface area contributed by atoms with Gasteiger partial charge < -0.3 is 41.5 Å². The summed E-state index contributed by atoms with van der Waals surface area (Å²) in [5, 5.41) is 83.6. The van der Waals surface area contributed by atoms with E-state index in [0.717, 1.165) is 12.0 Å². The molecule has 0 spiro atoms. The molecule has 0 unspecified atom stereocenters. The Balaban J connectivity index is 1.29. The van der Waals surface area contributed by atoms with Crippen LogP contribution in [0.2, 0.25) is 0 Å². The SMILES string of the molecule is OCCN(CCO)c1nc(/N=C/CSOOO)nc(Nc2cccc(Nc3nc(O)nc(Nc4cccc(Nc5nc(/N=C/CSOOO)nc(N(O)O)n5)c4)n3)c2)n1. The molecule has 0 saturated carbocycles. The Kier molecular flexibility index (Phi) is 17.2. The number of hydrogen-bond donors (Lipinski definition) is 11. The third-order valence-corrected chi connectivity index (χ3v) is 7.54. The van der Waals surface area contributed by atoms with Crippen LogP contribution in [0.5, 0.6) is 6.01 Å². The first-order valence-corrected chi connectivity index (χ1v) is 18.2. The number of nitrogens with zero attached hydrogens (tertiary/aromatic N) is 13. The monoisotopic (exact) mass is 859 g/mol. The van der Waals surface area contributed by atoms with Crippen molar-refractivity contribution in [3.05, 3.63) is 48.5 Å². The second-order valence-corrected chi connectivity index (χ2v) is 12.1. The Morgan fingerprint density at radius 2 is 1.02 bits per heavy atom. The minimum Gasteiger partial charge on any atom is -0.479 e. The first-order chi connectivity index (χ1) is 28.7. The summed E-state index contributed by atoms with van der Waals surface area (Å²) in [7, 11) is 0. The molecule has 3 heterocycles. The van der Waals surface area contributed by atoms with Gasteiger partial charge in [0.1, 0.15) is 0 Å². The van der Waals surface area contributed by atoms with Crippen LogP contribution in [0.25, 0.3) is 0 Å². The van der Waals surface area contributed by atoms with Crippen molar-refractivity contribution in [2.75, 3.05) is 69.2 Å². The van der Waals surface area contributed by atoms with Crippen molar-refractivity contribution in [2.45, 2.75) is 0 Å². The number of hydrogen-bond acceptors (Lipinski definition) is 30. The van der Waals surface area contributed by atoms with E-state index in [4.69, 9.17) is 10.5 Å². The fourth-order valence-electron chi connectivity index (χ4n) is 4.46. The Bertz CT molecular complexity index is 2160. The molecule has 0 aliphatic carbocycles. The molecule has 0 atom stereocenters. The van der Waals surface area contributed by atoms with Gasteiger partial charge in [-0.2, -0.15) is 44.9 Å². The lowest BCUT2D eigenvalue weighted by atomic mass is 10.3. The maximum atomic E-state index is 10.4. The van der Waals surface area contributed by atoms with Crippen LogP contribution in [0.1, 0.15) is 0 Å². The molecule has 30 heteroatoms. The highest BCUT2D eigenvalue weighted by Crippen LogP contribution is 2.26. The summed E-state index contributed by atoms with van der Waals surface area (Å²) in [5.41, 5.74) is 1.85. The lowest BCUT2D eigenvalue weighted by Crippen LogP contribution is -2.31. The third kappa shape index (κ3) is 14.6. The number of aliphatic hydroxyl groups is 2. The number of rotatable bonds is 24. The Labute approximate surface area is 339 Å². The molecular weight excluding hydrogens is 827 g/mol. The highest BCUT2D eigenvalue weighted by atomic mass is 32.2. The molecule has 0 fully saturated rings. The molecule has 3 aromatic heterocycles. The van der Waals surface area contributed by atoms with E-state index >= 15 is 0 Å². The van der Waals surface area contributed by atoms with Crippen LogP contribution in [-0.2, 0) is 18.7 Å². The van der Waals surface area contributed by atoms with Gasteiger partial charge in [-0.15, -0.1) is 8.67 Å². The summed E-state index contributed by atoms with van der Waals surface area (Å²) in [6.07, 6.45) is 2.71. The molecule has 0 aliphatic heterocycles. The largest absolute Gasteiger partial charge is 0.479 e. The van der Waals surface area contributed by atoms with Crippen molar-refractivity contribution >= 4 is 107 Å². The van der Waals surface area contributed by atoms with Gasteiger partial charge in [0.05, 0.1) is 24.7 Å². The van der Waals surface area contributed by atoms with Gasteiger partial charge in [-0.05, 0) is 36.4 Å². The maximum absolute atomic E-state index is 10.4. The van der Waals surface area contributed by atoms with E-state index in [1.807, 2.05) is 0 Å². The van der Waals surface area contributed by atoms with E-state index in [0.29, 0.717) is 34.8 Å². The Morgan fingerprint density at radius 3 is 1.44 bits per heavy atom. The fourth-order valence-corrected chi connectivity index (χ4v) is 4.93. The van der Waals surface area contributed by atoms with Crippen molar-refractivity contribution in [2.24, 2.45) is 9.98 Å². The van der Waals surface area contributed by atoms with Crippen LogP contribution in [0.3, 0.4) is 0 Å². The minimum absolute atomic E-state index is 0.00663. The molecule has 0 aliphatic rings. The second kappa shape index (κ2) is 23.2. The van der Waals surface area contributed by atoms with Crippen molar-refractivity contribution in [3.63, 3.8) is 0 Å². The van der Waals surface area contributed by atoms with Crippen molar-refractivity contribution in [1.82, 2.24) is 44.9 Å². The molecule has 5 aromatic rings. The minimum atomic E-state index is -0.597. The van der Waals surface area contributed by atoms with Crippen LogP contribution >= 0.6 is 24.1 Å². The first kappa shape index (κ1) is 43.8. The fraction of sp³-hybridized carbons (Fsp3) is 0.207. The summed E-state index contributed by atoms with van der Waals surface area (Å²) in [4.78, 5) is 46.9. The Morgan fingerprint density at radius 1 is 0.593 bits per heavy atom. The highest BCUT2D eigenvalue weighted by Gasteiger charge is 2.15. The van der Waals surface area contributed by atoms with Gasteiger partial charge in [-0.25, -0.2) is 20.5 Å². The van der Waals surface area contributed by atoms with Gasteiger partial charge in [0, 0.05) is 72.4 Å². The van der Waals surface area contributed by atoms with Crippen LogP contribution in [-0.4, -0.2) is 131 Å². The third-order valence-electron chi connectivity index (χ3n) is 6.65. The van der Waals surface area contributed by atoms with E-state index in [1.54, 1.807) is 53.4 Å². The number of aliphatic hydroxyl groups excluding tert-OH is 2. The number of nitrogens with one attached hydrogen (secondary N) is 4. The Hall–Kier alpha value is -6.29. The van der Waals surface area contributed by atoms with Crippen LogP contribution in [0.15, 0.2) is 58.5 Å². The zero-order chi connectivity index (χ0) is 41.8. The van der Waals surface area contributed by atoms with E-state index < -0.39 is 12.0 Å². The molecule has 59 heavy (non-hydrogen) atoms. The summed E-state index contributed by atoms with van der Waals surface area (Å²) in [5.74, 6) is -0.420. The topological polar surface area (TPSA) is 374 Å². The molecule has 0 bridgehead atoms.